The van der Waals surface area contributed by atoms with Crippen molar-refractivity contribution < 1.29 is 14.6 Å². The molecule has 1 rings (SSSR count). The molecule has 0 saturated heterocycles. The molecule has 15 heavy (non-hydrogen) atoms. The molecule has 3 heteroatoms. The van der Waals surface area contributed by atoms with Crippen LogP contribution in [0.5, 0.6) is 0 Å². The van der Waals surface area contributed by atoms with Crippen LogP contribution in [0.3, 0.4) is 0 Å². The molecule has 0 aromatic heterocycles. The minimum atomic E-state index is -0.904. The van der Waals surface area contributed by atoms with Crippen molar-refractivity contribution in [3.05, 3.63) is 35.9 Å². The summed E-state index contributed by atoms with van der Waals surface area (Å²) in [4.78, 5) is 11.0. The second-order valence-electron chi connectivity index (χ2n) is 3.02. The lowest BCUT2D eigenvalue weighted by atomic mass is 10.0. The maximum Gasteiger partial charge on any atom is 0.313 e. The Labute approximate surface area is 88.7 Å². The Morgan fingerprint density at radius 3 is 2.67 bits per heavy atom. The average Bonchev–Trinajstić information content (AvgIpc) is 2.25. The van der Waals surface area contributed by atoms with Crippen LogP contribution in [0.4, 0.5) is 0 Å². The predicted molar refractivity (Wildman–Crippen MR) is 56.5 cm³/mol. The van der Waals surface area contributed by atoms with Crippen LogP contribution in [-0.4, -0.2) is 24.3 Å². The third kappa shape index (κ3) is 3.45. The van der Waals surface area contributed by atoms with Crippen LogP contribution in [0.1, 0.15) is 11.5 Å². The molecule has 1 atom stereocenters. The fourth-order valence-electron chi connectivity index (χ4n) is 1.23. The molecule has 3 nitrogen and oxygen atoms in total. The van der Waals surface area contributed by atoms with Crippen LogP contribution in [0.2, 0.25) is 0 Å². The number of hydrogen-bond donors (Lipinski definition) is 1. The van der Waals surface area contributed by atoms with Gasteiger partial charge in [0.1, 0.15) is 12.5 Å². The Morgan fingerprint density at radius 2 is 2.13 bits per heavy atom. The highest BCUT2D eigenvalue weighted by Gasteiger charge is 2.19. The van der Waals surface area contributed by atoms with Gasteiger partial charge in [-0.05, 0) is 5.56 Å². The Balaban J connectivity index is 2.67. The molecule has 0 saturated carbocycles. The van der Waals surface area contributed by atoms with Gasteiger partial charge < -0.3 is 9.84 Å². The van der Waals surface area contributed by atoms with Crippen LogP contribution in [0.15, 0.2) is 30.3 Å². The van der Waals surface area contributed by atoms with Crippen LogP contribution in [-0.2, 0) is 9.53 Å². The zero-order valence-electron chi connectivity index (χ0n) is 8.22. The Morgan fingerprint density at radius 1 is 1.47 bits per heavy atom. The number of carboxylic acids is 1. The highest BCUT2D eigenvalue weighted by Crippen LogP contribution is 2.15. The number of benzene rings is 1. The fraction of sp³-hybridized carbons (Fsp3) is 0.250. The lowest BCUT2D eigenvalue weighted by molar-refractivity contribution is -0.140. The van der Waals surface area contributed by atoms with Gasteiger partial charge in [0.05, 0.1) is 6.61 Å². The van der Waals surface area contributed by atoms with Gasteiger partial charge in [-0.2, -0.15) is 0 Å². The quantitative estimate of drug-likeness (QED) is 0.584. The number of terminal acetylenes is 1. The molecule has 0 aliphatic rings. The SMILES string of the molecule is C#CCOCC(C(=O)O)c1ccccc1. The van der Waals surface area contributed by atoms with E-state index in [1.165, 1.54) is 0 Å². The van der Waals surface area contributed by atoms with Crippen molar-refractivity contribution in [1.29, 1.82) is 0 Å². The van der Waals surface area contributed by atoms with Gasteiger partial charge in [0.25, 0.3) is 0 Å². The minimum absolute atomic E-state index is 0.101. The molecule has 1 N–H and O–H groups in total. The van der Waals surface area contributed by atoms with E-state index in [4.69, 9.17) is 16.3 Å². The number of carbonyl (C=O) groups is 1. The van der Waals surface area contributed by atoms with Crippen molar-refractivity contribution in [3.8, 4) is 12.3 Å². The summed E-state index contributed by atoms with van der Waals surface area (Å²) in [7, 11) is 0. The first-order valence-electron chi connectivity index (χ1n) is 4.54. The summed E-state index contributed by atoms with van der Waals surface area (Å²) in [5, 5.41) is 8.99. The van der Waals surface area contributed by atoms with Crippen molar-refractivity contribution >= 4 is 5.97 Å². The average molecular weight is 204 g/mol. The maximum absolute atomic E-state index is 11.0. The first kappa shape index (κ1) is 11.3. The maximum atomic E-state index is 11.0. The Hall–Kier alpha value is -1.79. The lowest BCUT2D eigenvalue weighted by Gasteiger charge is -2.11. The van der Waals surface area contributed by atoms with Crippen molar-refractivity contribution in [3.63, 3.8) is 0 Å². The summed E-state index contributed by atoms with van der Waals surface area (Å²) >= 11 is 0. The summed E-state index contributed by atoms with van der Waals surface area (Å²) in [6, 6.07) is 8.96. The number of aliphatic carboxylic acids is 1. The third-order valence-corrected chi connectivity index (χ3v) is 1.97. The second kappa shape index (κ2) is 5.84. The van der Waals surface area contributed by atoms with E-state index in [-0.39, 0.29) is 13.2 Å². The summed E-state index contributed by atoms with van der Waals surface area (Å²) < 4.78 is 5.04. The largest absolute Gasteiger partial charge is 0.481 e. The van der Waals surface area contributed by atoms with E-state index in [0.717, 1.165) is 5.56 Å². The first-order valence-corrected chi connectivity index (χ1v) is 4.54. The van der Waals surface area contributed by atoms with Gasteiger partial charge in [0, 0.05) is 0 Å². The van der Waals surface area contributed by atoms with E-state index in [1.807, 2.05) is 6.07 Å². The van der Waals surface area contributed by atoms with Crippen molar-refractivity contribution in [2.45, 2.75) is 5.92 Å². The number of hydrogen-bond acceptors (Lipinski definition) is 2. The number of carboxylic acid groups (broad SMARTS) is 1. The minimum Gasteiger partial charge on any atom is -0.481 e. The number of rotatable bonds is 5. The van der Waals surface area contributed by atoms with E-state index in [2.05, 4.69) is 5.92 Å². The standard InChI is InChI=1S/C12H12O3/c1-2-8-15-9-11(12(13)14)10-6-4-3-5-7-10/h1,3-7,11H,8-9H2,(H,13,14). The molecule has 0 aliphatic heterocycles. The predicted octanol–water partition coefficient (Wildman–Crippen LogP) is 1.50. The molecular formula is C12H12O3. The summed E-state index contributed by atoms with van der Waals surface area (Å²) in [6.07, 6.45) is 5.01. The normalized spacial score (nSPS) is 11.7. The van der Waals surface area contributed by atoms with Gasteiger partial charge in [-0.3, -0.25) is 4.79 Å². The fourth-order valence-corrected chi connectivity index (χ4v) is 1.23. The van der Waals surface area contributed by atoms with E-state index in [0.29, 0.717) is 0 Å². The molecule has 0 bridgehead atoms. The highest BCUT2D eigenvalue weighted by atomic mass is 16.5. The molecule has 0 spiro atoms. The zero-order valence-corrected chi connectivity index (χ0v) is 8.22. The van der Waals surface area contributed by atoms with Crippen LogP contribution < -0.4 is 0 Å². The van der Waals surface area contributed by atoms with Gasteiger partial charge >= 0.3 is 5.97 Å². The molecule has 78 valence electrons. The first-order chi connectivity index (χ1) is 7.25. The van der Waals surface area contributed by atoms with Gasteiger partial charge in [-0.15, -0.1) is 6.42 Å². The number of ether oxygens (including phenoxy) is 1. The smallest absolute Gasteiger partial charge is 0.313 e. The lowest BCUT2D eigenvalue weighted by Crippen LogP contribution is -2.17. The topological polar surface area (TPSA) is 46.5 Å². The second-order valence-corrected chi connectivity index (χ2v) is 3.02. The summed E-state index contributed by atoms with van der Waals surface area (Å²) in [5.41, 5.74) is 0.724. The Bertz CT molecular complexity index is 351. The van der Waals surface area contributed by atoms with E-state index < -0.39 is 11.9 Å². The van der Waals surface area contributed by atoms with E-state index in [9.17, 15) is 4.79 Å². The monoisotopic (exact) mass is 204 g/mol. The summed E-state index contributed by atoms with van der Waals surface area (Å²) in [5.74, 6) is 0.741. The molecule has 0 fully saturated rings. The van der Waals surface area contributed by atoms with Gasteiger partial charge in [0.2, 0.25) is 0 Å². The molecule has 1 aromatic carbocycles. The van der Waals surface area contributed by atoms with Crippen LogP contribution >= 0.6 is 0 Å². The third-order valence-electron chi connectivity index (χ3n) is 1.97. The molecule has 0 amide bonds. The molecule has 1 aromatic rings. The van der Waals surface area contributed by atoms with E-state index >= 15 is 0 Å². The summed E-state index contributed by atoms with van der Waals surface area (Å²) in [6.45, 7) is 0.236. The van der Waals surface area contributed by atoms with Crippen molar-refractivity contribution in [2.75, 3.05) is 13.2 Å². The van der Waals surface area contributed by atoms with Crippen molar-refractivity contribution in [2.24, 2.45) is 0 Å². The zero-order chi connectivity index (χ0) is 11.1. The van der Waals surface area contributed by atoms with Crippen LogP contribution in [0, 0.1) is 12.3 Å². The molecule has 1 unspecified atom stereocenters. The molecule has 0 aliphatic carbocycles. The molecule has 0 heterocycles. The molecule has 0 radical (unpaired) electrons. The van der Waals surface area contributed by atoms with Gasteiger partial charge in [-0.25, -0.2) is 0 Å². The Kier molecular flexibility index (Phi) is 4.39. The van der Waals surface area contributed by atoms with Gasteiger partial charge in [-0.1, -0.05) is 36.3 Å². The van der Waals surface area contributed by atoms with E-state index in [1.54, 1.807) is 24.3 Å². The van der Waals surface area contributed by atoms with Crippen molar-refractivity contribution in [1.82, 2.24) is 0 Å². The molecular weight excluding hydrogens is 192 g/mol. The van der Waals surface area contributed by atoms with Crippen LogP contribution in [0.25, 0.3) is 0 Å². The van der Waals surface area contributed by atoms with Gasteiger partial charge in [0.15, 0.2) is 0 Å². The highest BCUT2D eigenvalue weighted by molar-refractivity contribution is 5.76.